The van der Waals surface area contributed by atoms with Crippen LogP contribution in [-0.2, 0) is 11.3 Å². The molecule has 0 radical (unpaired) electrons. The molecule has 4 rings (SSSR count). The van der Waals surface area contributed by atoms with E-state index in [2.05, 4.69) is 10.3 Å². The molecule has 0 aliphatic carbocycles. The Morgan fingerprint density at radius 2 is 1.68 bits per heavy atom. The molecule has 0 unspecified atom stereocenters. The molecule has 0 bridgehead atoms. The van der Waals surface area contributed by atoms with E-state index in [9.17, 15) is 9.59 Å². The van der Waals surface area contributed by atoms with Crippen molar-refractivity contribution in [3.8, 4) is 11.3 Å². The summed E-state index contributed by atoms with van der Waals surface area (Å²) in [5.74, 6) is -0.205. The van der Waals surface area contributed by atoms with Crippen molar-refractivity contribution in [2.75, 3.05) is 20.1 Å². The Kier molecular flexibility index (Phi) is 7.50. The molecule has 174 valence electrons. The number of aromatic amines is 1. The number of hydrogen-bond donors (Lipinski definition) is 2. The zero-order valence-electron chi connectivity index (χ0n) is 18.9. The number of nitrogens with zero attached hydrogens (tertiary/aromatic N) is 1. The van der Waals surface area contributed by atoms with Crippen LogP contribution >= 0.6 is 11.6 Å². The molecule has 4 aromatic rings. The molecule has 0 atom stereocenters. The zero-order valence-corrected chi connectivity index (χ0v) is 19.6. The standard InChI is InChI=1S/C27H26ClN3O3/c1-31(27(33)34-18-19-9-4-2-5-10-19)16-8-15-29-26(32)25-22-14-13-21(28)17-23(22)24(30-25)20-11-6-3-7-12-20/h2-7,9-14,17,30H,8,15-16,18H2,1H3,(H,29,32). The van der Waals surface area contributed by atoms with Crippen molar-refractivity contribution in [3.05, 3.63) is 95.1 Å². The maximum atomic E-state index is 12.9. The highest BCUT2D eigenvalue weighted by molar-refractivity contribution is 6.31. The first-order chi connectivity index (χ1) is 16.5. The van der Waals surface area contributed by atoms with Gasteiger partial charge in [0.15, 0.2) is 0 Å². The number of ether oxygens (including phenoxy) is 1. The second-order valence-corrected chi connectivity index (χ2v) is 8.44. The molecule has 0 spiro atoms. The van der Waals surface area contributed by atoms with Gasteiger partial charge in [0, 0.05) is 35.9 Å². The van der Waals surface area contributed by atoms with E-state index < -0.39 is 6.09 Å². The maximum absolute atomic E-state index is 12.9. The lowest BCUT2D eigenvalue weighted by molar-refractivity contribution is 0.0946. The second kappa shape index (κ2) is 10.9. The van der Waals surface area contributed by atoms with Crippen LogP contribution < -0.4 is 5.32 Å². The van der Waals surface area contributed by atoms with Gasteiger partial charge in [0.05, 0.1) is 5.69 Å². The lowest BCUT2D eigenvalue weighted by Gasteiger charge is -2.17. The van der Waals surface area contributed by atoms with Gasteiger partial charge in [-0.2, -0.15) is 0 Å². The SMILES string of the molecule is CN(CCCNC(=O)c1[nH]c(-c2ccccc2)c2cc(Cl)ccc12)C(=O)OCc1ccccc1. The van der Waals surface area contributed by atoms with Gasteiger partial charge in [-0.15, -0.1) is 0 Å². The minimum absolute atomic E-state index is 0.205. The van der Waals surface area contributed by atoms with E-state index in [0.717, 1.165) is 27.6 Å². The third kappa shape index (κ3) is 5.58. The van der Waals surface area contributed by atoms with Gasteiger partial charge in [0.2, 0.25) is 0 Å². The van der Waals surface area contributed by atoms with Crippen LogP contribution in [0.4, 0.5) is 4.79 Å². The number of amides is 2. The van der Waals surface area contributed by atoms with E-state index in [1.165, 1.54) is 4.90 Å². The summed E-state index contributed by atoms with van der Waals surface area (Å²) in [5, 5.41) is 5.25. The minimum atomic E-state index is -0.394. The highest BCUT2D eigenvalue weighted by Crippen LogP contribution is 2.32. The fraction of sp³-hybridized carbons (Fsp3) is 0.185. The predicted octanol–water partition coefficient (Wildman–Crippen LogP) is 5.88. The second-order valence-electron chi connectivity index (χ2n) is 8.00. The van der Waals surface area contributed by atoms with Gasteiger partial charge in [-0.1, -0.05) is 78.3 Å². The van der Waals surface area contributed by atoms with Crippen LogP contribution in [0.5, 0.6) is 0 Å². The van der Waals surface area contributed by atoms with E-state index in [-0.39, 0.29) is 12.5 Å². The average molecular weight is 476 g/mol. The molecule has 0 aliphatic heterocycles. The van der Waals surface area contributed by atoms with Crippen molar-refractivity contribution in [3.63, 3.8) is 0 Å². The summed E-state index contributed by atoms with van der Waals surface area (Å²) in [4.78, 5) is 29.9. The first-order valence-corrected chi connectivity index (χ1v) is 11.5. The molecule has 2 amide bonds. The molecule has 3 aromatic carbocycles. The van der Waals surface area contributed by atoms with Crippen LogP contribution in [0.3, 0.4) is 0 Å². The van der Waals surface area contributed by atoms with Crippen molar-refractivity contribution in [1.29, 1.82) is 0 Å². The van der Waals surface area contributed by atoms with Crippen LogP contribution in [0.15, 0.2) is 78.9 Å². The van der Waals surface area contributed by atoms with E-state index in [0.29, 0.717) is 30.2 Å². The summed E-state index contributed by atoms with van der Waals surface area (Å²) >= 11 is 6.22. The van der Waals surface area contributed by atoms with Gasteiger partial charge in [0.1, 0.15) is 12.3 Å². The number of benzene rings is 3. The van der Waals surface area contributed by atoms with Crippen LogP contribution in [0, 0.1) is 0 Å². The number of nitrogens with one attached hydrogen (secondary N) is 2. The minimum Gasteiger partial charge on any atom is -0.445 e. The van der Waals surface area contributed by atoms with E-state index in [1.54, 1.807) is 13.1 Å². The van der Waals surface area contributed by atoms with Gasteiger partial charge >= 0.3 is 6.09 Å². The van der Waals surface area contributed by atoms with Crippen molar-refractivity contribution >= 4 is 34.4 Å². The molecule has 0 saturated carbocycles. The number of H-pyrrole nitrogens is 1. The number of halogens is 1. The number of aromatic nitrogens is 1. The smallest absolute Gasteiger partial charge is 0.409 e. The molecule has 7 heteroatoms. The molecule has 1 heterocycles. The average Bonchev–Trinajstić information content (AvgIpc) is 3.24. The third-order valence-corrected chi connectivity index (χ3v) is 5.77. The van der Waals surface area contributed by atoms with Crippen LogP contribution in [0.1, 0.15) is 22.5 Å². The molecule has 0 saturated heterocycles. The molecule has 34 heavy (non-hydrogen) atoms. The summed E-state index contributed by atoms with van der Waals surface area (Å²) in [5.41, 5.74) is 3.25. The van der Waals surface area contributed by atoms with Crippen LogP contribution in [0.2, 0.25) is 5.02 Å². The van der Waals surface area contributed by atoms with Crippen LogP contribution in [-0.4, -0.2) is 42.0 Å². The Bertz CT molecular complexity index is 1270. The van der Waals surface area contributed by atoms with Gasteiger partial charge in [-0.25, -0.2) is 4.79 Å². The van der Waals surface area contributed by atoms with Gasteiger partial charge in [-0.3, -0.25) is 4.79 Å². The summed E-state index contributed by atoms with van der Waals surface area (Å²) in [6.45, 7) is 1.11. The first-order valence-electron chi connectivity index (χ1n) is 11.1. The molecule has 0 aliphatic rings. The molecule has 1 aromatic heterocycles. The van der Waals surface area contributed by atoms with E-state index >= 15 is 0 Å². The number of carbonyl (C=O) groups excluding carboxylic acids is 2. The lowest BCUT2D eigenvalue weighted by atomic mass is 10.1. The highest BCUT2D eigenvalue weighted by Gasteiger charge is 2.18. The van der Waals surface area contributed by atoms with Crippen molar-refractivity contribution in [1.82, 2.24) is 15.2 Å². The fourth-order valence-corrected chi connectivity index (χ4v) is 3.91. The summed E-state index contributed by atoms with van der Waals surface area (Å²) in [6, 6.07) is 24.9. The predicted molar refractivity (Wildman–Crippen MR) is 135 cm³/mol. The quantitative estimate of drug-likeness (QED) is 0.313. The molecule has 2 N–H and O–H groups in total. The van der Waals surface area contributed by atoms with E-state index in [4.69, 9.17) is 16.3 Å². The maximum Gasteiger partial charge on any atom is 0.409 e. The Labute approximate surface area is 203 Å². The highest BCUT2D eigenvalue weighted by atomic mass is 35.5. The Morgan fingerprint density at radius 1 is 0.971 bits per heavy atom. The van der Waals surface area contributed by atoms with Gasteiger partial charge in [-0.05, 0) is 29.7 Å². The lowest BCUT2D eigenvalue weighted by Crippen LogP contribution is -2.32. The fourth-order valence-electron chi connectivity index (χ4n) is 3.74. The number of carbonyl (C=O) groups is 2. The van der Waals surface area contributed by atoms with E-state index in [1.807, 2.05) is 72.8 Å². The zero-order chi connectivity index (χ0) is 23.9. The largest absolute Gasteiger partial charge is 0.445 e. The van der Waals surface area contributed by atoms with Crippen molar-refractivity contribution in [2.45, 2.75) is 13.0 Å². The molecule has 0 fully saturated rings. The topological polar surface area (TPSA) is 74.4 Å². The van der Waals surface area contributed by atoms with Crippen LogP contribution in [0.25, 0.3) is 22.0 Å². The van der Waals surface area contributed by atoms with Gasteiger partial charge in [0.25, 0.3) is 5.91 Å². The molecular formula is C27H26ClN3O3. The Morgan fingerprint density at radius 3 is 2.41 bits per heavy atom. The summed E-state index contributed by atoms with van der Waals surface area (Å²) < 4.78 is 5.32. The number of hydrogen-bond acceptors (Lipinski definition) is 3. The number of fused-ring (bicyclic) bond motifs is 1. The summed E-state index contributed by atoms with van der Waals surface area (Å²) in [6.07, 6.45) is 0.202. The third-order valence-electron chi connectivity index (χ3n) is 5.53. The number of rotatable bonds is 8. The van der Waals surface area contributed by atoms with Crippen molar-refractivity contribution < 1.29 is 14.3 Å². The Balaban J connectivity index is 1.33. The molecular weight excluding hydrogens is 450 g/mol. The normalized spacial score (nSPS) is 10.8. The van der Waals surface area contributed by atoms with Crippen molar-refractivity contribution in [2.24, 2.45) is 0 Å². The first kappa shape index (κ1) is 23.4. The monoisotopic (exact) mass is 475 g/mol. The molecule has 6 nitrogen and oxygen atoms in total. The Hall–Kier alpha value is -3.77. The summed E-state index contributed by atoms with van der Waals surface area (Å²) in [7, 11) is 1.68. The van der Waals surface area contributed by atoms with Gasteiger partial charge < -0.3 is 19.9 Å².